The number of hydrogen-bond donors (Lipinski definition) is 1. The van der Waals surface area contributed by atoms with E-state index in [9.17, 15) is 4.79 Å². The Hall–Kier alpha value is -1.14. The summed E-state index contributed by atoms with van der Waals surface area (Å²) in [5, 5.41) is 10.0. The van der Waals surface area contributed by atoms with Crippen LogP contribution in [0.25, 0.3) is 11.0 Å². The zero-order valence-electron chi connectivity index (χ0n) is 10.9. The van der Waals surface area contributed by atoms with Crippen LogP contribution in [-0.2, 0) is 11.3 Å². The normalized spacial score (nSPS) is 12.7. The summed E-state index contributed by atoms with van der Waals surface area (Å²) >= 11 is 3.07. The van der Waals surface area contributed by atoms with Gasteiger partial charge in [-0.15, -0.1) is 0 Å². The molecular weight excluding hydrogens is 280 g/mol. The fourth-order valence-corrected chi connectivity index (χ4v) is 2.84. The minimum atomic E-state index is -0.818. The van der Waals surface area contributed by atoms with E-state index < -0.39 is 5.97 Å². The van der Waals surface area contributed by atoms with Crippen LogP contribution in [0.5, 0.6) is 0 Å². The van der Waals surface area contributed by atoms with E-state index in [-0.39, 0.29) is 5.75 Å². The number of imidazole rings is 1. The van der Waals surface area contributed by atoms with E-state index in [1.807, 2.05) is 24.3 Å². The highest BCUT2D eigenvalue weighted by atomic mass is 32.2. The molecule has 0 aliphatic carbocycles. The van der Waals surface area contributed by atoms with E-state index in [4.69, 9.17) is 5.11 Å². The first kappa shape index (κ1) is 14.3. The van der Waals surface area contributed by atoms with E-state index >= 15 is 0 Å². The number of carboxylic acid groups (broad SMARTS) is 1. The largest absolute Gasteiger partial charge is 0.481 e. The lowest BCUT2D eigenvalue weighted by molar-refractivity contribution is -0.133. The quantitative estimate of drug-likeness (QED) is 0.831. The highest BCUT2D eigenvalue weighted by Crippen LogP contribution is 2.25. The van der Waals surface area contributed by atoms with Gasteiger partial charge in [0.1, 0.15) is 0 Å². The fourth-order valence-electron chi connectivity index (χ4n) is 1.80. The molecule has 19 heavy (non-hydrogen) atoms. The van der Waals surface area contributed by atoms with Crippen molar-refractivity contribution in [3.05, 3.63) is 24.3 Å². The minimum absolute atomic E-state index is 0.0387. The molecule has 0 saturated carbocycles. The lowest BCUT2D eigenvalue weighted by atomic mass is 10.3. The van der Waals surface area contributed by atoms with Crippen LogP contribution in [0.4, 0.5) is 0 Å². The van der Waals surface area contributed by atoms with Crippen LogP contribution in [-0.4, -0.2) is 37.9 Å². The molecule has 0 bridgehead atoms. The summed E-state index contributed by atoms with van der Waals surface area (Å²) in [7, 11) is 0. The number of carbonyl (C=O) groups is 1. The second-order valence-corrected chi connectivity index (χ2v) is 6.44. The molecule has 0 amide bonds. The van der Waals surface area contributed by atoms with Crippen LogP contribution >= 0.6 is 23.5 Å². The summed E-state index contributed by atoms with van der Waals surface area (Å²) in [6, 6.07) is 7.92. The molecule has 0 radical (unpaired) electrons. The van der Waals surface area contributed by atoms with Crippen molar-refractivity contribution in [2.75, 3.05) is 12.0 Å². The number of benzene rings is 1. The Morgan fingerprint density at radius 3 is 2.89 bits per heavy atom. The third-order valence-electron chi connectivity index (χ3n) is 2.79. The first-order valence-corrected chi connectivity index (χ1v) is 8.22. The summed E-state index contributed by atoms with van der Waals surface area (Å²) in [4.78, 5) is 15.2. The number of rotatable bonds is 6. The molecule has 1 aromatic carbocycles. The van der Waals surface area contributed by atoms with Crippen molar-refractivity contribution in [3.63, 3.8) is 0 Å². The third kappa shape index (κ3) is 3.45. The highest BCUT2D eigenvalue weighted by Gasteiger charge is 2.14. The zero-order valence-corrected chi connectivity index (χ0v) is 12.5. The molecule has 6 heteroatoms. The van der Waals surface area contributed by atoms with Crippen molar-refractivity contribution in [1.82, 2.24) is 9.55 Å². The lowest BCUT2D eigenvalue weighted by Gasteiger charge is -2.12. The van der Waals surface area contributed by atoms with Gasteiger partial charge < -0.3 is 9.67 Å². The lowest BCUT2D eigenvalue weighted by Crippen LogP contribution is -2.10. The van der Waals surface area contributed by atoms with Gasteiger partial charge in [0.05, 0.1) is 16.8 Å². The van der Waals surface area contributed by atoms with Gasteiger partial charge in [0.25, 0.3) is 0 Å². The molecular formula is C13H16N2O2S2. The smallest absolute Gasteiger partial charge is 0.313 e. The molecule has 0 aliphatic heterocycles. The molecule has 1 unspecified atom stereocenters. The molecule has 0 saturated heterocycles. The number of fused-ring (bicyclic) bond motifs is 1. The molecule has 1 N–H and O–H groups in total. The summed E-state index contributed by atoms with van der Waals surface area (Å²) in [5.74, 6) is -0.779. The van der Waals surface area contributed by atoms with Gasteiger partial charge >= 0.3 is 5.97 Å². The number of carboxylic acids is 1. The predicted octanol–water partition coefficient (Wildman–Crippen LogP) is 2.96. The van der Waals surface area contributed by atoms with Crippen LogP contribution < -0.4 is 0 Å². The van der Waals surface area contributed by atoms with Gasteiger partial charge in [-0.05, 0) is 18.4 Å². The topological polar surface area (TPSA) is 55.1 Å². The molecule has 2 aromatic rings. The molecule has 0 fully saturated rings. The molecule has 0 aliphatic rings. The SMILES string of the molecule is CSC(C)Cn1c(SCC(=O)O)nc2ccccc21. The third-order valence-corrected chi connectivity index (χ3v) is 4.70. The van der Waals surface area contributed by atoms with Gasteiger partial charge in [0.2, 0.25) is 0 Å². The van der Waals surface area contributed by atoms with Crippen LogP contribution in [0.3, 0.4) is 0 Å². The molecule has 2 rings (SSSR count). The molecule has 1 heterocycles. The van der Waals surface area contributed by atoms with E-state index in [1.54, 1.807) is 11.8 Å². The molecule has 102 valence electrons. The van der Waals surface area contributed by atoms with Gasteiger partial charge in [-0.3, -0.25) is 4.79 Å². The maximum atomic E-state index is 10.7. The first-order chi connectivity index (χ1) is 9.11. The Bertz CT molecular complexity index is 583. The second kappa shape index (κ2) is 6.34. The van der Waals surface area contributed by atoms with E-state index in [1.165, 1.54) is 11.8 Å². The molecule has 1 atom stereocenters. The zero-order chi connectivity index (χ0) is 13.8. The van der Waals surface area contributed by atoms with Gasteiger partial charge in [0.15, 0.2) is 5.16 Å². The van der Waals surface area contributed by atoms with E-state index in [0.717, 1.165) is 22.7 Å². The fraction of sp³-hybridized carbons (Fsp3) is 0.385. The predicted molar refractivity (Wildman–Crippen MR) is 81.1 cm³/mol. The van der Waals surface area contributed by atoms with Crippen molar-refractivity contribution in [2.24, 2.45) is 0 Å². The van der Waals surface area contributed by atoms with Crippen molar-refractivity contribution >= 4 is 40.5 Å². The number of nitrogens with zero attached hydrogens (tertiary/aromatic N) is 2. The number of para-hydroxylation sites is 2. The highest BCUT2D eigenvalue weighted by molar-refractivity contribution is 7.99. The van der Waals surface area contributed by atoms with E-state index in [2.05, 4.69) is 22.7 Å². The van der Waals surface area contributed by atoms with Crippen LogP contribution in [0.1, 0.15) is 6.92 Å². The Morgan fingerprint density at radius 2 is 2.21 bits per heavy atom. The van der Waals surface area contributed by atoms with Crippen molar-refractivity contribution < 1.29 is 9.90 Å². The number of hydrogen-bond acceptors (Lipinski definition) is 4. The summed E-state index contributed by atoms with van der Waals surface area (Å²) in [6.07, 6.45) is 2.08. The first-order valence-electron chi connectivity index (χ1n) is 5.94. The number of aliphatic carboxylic acids is 1. The van der Waals surface area contributed by atoms with Gasteiger partial charge in [-0.25, -0.2) is 4.98 Å². The van der Waals surface area contributed by atoms with Crippen LogP contribution in [0.2, 0.25) is 0 Å². The van der Waals surface area contributed by atoms with Gasteiger partial charge in [-0.2, -0.15) is 11.8 Å². The second-order valence-electron chi connectivity index (χ2n) is 4.22. The average molecular weight is 296 g/mol. The Morgan fingerprint density at radius 1 is 1.47 bits per heavy atom. The molecule has 4 nitrogen and oxygen atoms in total. The standard InChI is InChI=1S/C13H16N2O2S2/c1-9(18-2)7-15-11-6-4-3-5-10(11)14-13(15)19-8-12(16)17/h3-6,9H,7-8H2,1-2H3,(H,16,17). The van der Waals surface area contributed by atoms with Crippen LogP contribution in [0.15, 0.2) is 29.4 Å². The average Bonchev–Trinajstić information content (AvgIpc) is 2.74. The summed E-state index contributed by atoms with van der Waals surface area (Å²) in [5.41, 5.74) is 1.99. The van der Waals surface area contributed by atoms with Crippen molar-refractivity contribution in [1.29, 1.82) is 0 Å². The van der Waals surface area contributed by atoms with Crippen molar-refractivity contribution in [2.45, 2.75) is 23.9 Å². The van der Waals surface area contributed by atoms with Gasteiger partial charge in [-0.1, -0.05) is 30.8 Å². The maximum Gasteiger partial charge on any atom is 0.313 e. The molecule has 1 aromatic heterocycles. The van der Waals surface area contributed by atoms with E-state index in [0.29, 0.717) is 5.25 Å². The monoisotopic (exact) mass is 296 g/mol. The number of aromatic nitrogens is 2. The van der Waals surface area contributed by atoms with Crippen molar-refractivity contribution in [3.8, 4) is 0 Å². The molecule has 0 spiro atoms. The Labute approximate surface area is 120 Å². The number of thioether (sulfide) groups is 2. The van der Waals surface area contributed by atoms with Gasteiger partial charge in [0, 0.05) is 11.8 Å². The Balaban J connectivity index is 2.36. The summed E-state index contributed by atoms with van der Waals surface area (Å²) < 4.78 is 2.12. The Kier molecular flexibility index (Phi) is 4.76. The minimum Gasteiger partial charge on any atom is -0.481 e. The maximum absolute atomic E-state index is 10.7. The van der Waals surface area contributed by atoms with Crippen LogP contribution in [0, 0.1) is 0 Å². The summed E-state index contributed by atoms with van der Waals surface area (Å²) in [6.45, 7) is 2.99.